The molecule has 0 unspecified atom stereocenters. The van der Waals surface area contributed by atoms with Gasteiger partial charge in [0.2, 0.25) is 0 Å². The van der Waals surface area contributed by atoms with Crippen molar-refractivity contribution in [3.05, 3.63) is 0 Å². The van der Waals surface area contributed by atoms with E-state index in [1.54, 1.807) is 0 Å². The van der Waals surface area contributed by atoms with Gasteiger partial charge in [-0.2, -0.15) is 0 Å². The smallest absolute Gasteiger partial charge is 0.0126 e. The molecule has 1 saturated heterocycles. The third-order valence-corrected chi connectivity index (χ3v) is 6.27. The van der Waals surface area contributed by atoms with Gasteiger partial charge in [-0.3, -0.25) is 4.90 Å². The van der Waals surface area contributed by atoms with E-state index in [0.29, 0.717) is 11.0 Å². The van der Waals surface area contributed by atoms with Gasteiger partial charge in [-0.05, 0) is 39.0 Å². The van der Waals surface area contributed by atoms with E-state index in [1.165, 1.54) is 70.2 Å². The topological polar surface area (TPSA) is 6.48 Å². The summed E-state index contributed by atoms with van der Waals surface area (Å²) in [4.78, 5) is 5.35. The second kappa shape index (κ2) is 6.44. The van der Waals surface area contributed by atoms with Gasteiger partial charge in [-0.1, -0.05) is 35.2 Å². The lowest BCUT2D eigenvalue weighted by atomic mass is 9.75. The molecule has 2 fully saturated rings. The third-order valence-electron chi connectivity index (χ3n) is 5.08. The Balaban J connectivity index is 1.84. The van der Waals surface area contributed by atoms with Gasteiger partial charge < -0.3 is 4.90 Å². The van der Waals surface area contributed by atoms with E-state index in [-0.39, 0.29) is 0 Å². The number of alkyl halides is 1. The second-order valence-electron chi connectivity index (χ2n) is 7.63. The average Bonchev–Trinajstić information content (AvgIpc) is 2.39. The Kier molecular flexibility index (Phi) is 5.35. The minimum Gasteiger partial charge on any atom is -0.300 e. The highest BCUT2D eigenvalue weighted by atomic mass is 79.9. The first-order valence-corrected chi connectivity index (χ1v) is 9.11. The van der Waals surface area contributed by atoms with Crippen molar-refractivity contribution in [2.24, 2.45) is 5.41 Å². The molecule has 0 aromatic rings. The predicted octanol–water partition coefficient (Wildman–Crippen LogP) is 3.75. The highest BCUT2D eigenvalue weighted by Crippen LogP contribution is 2.38. The fourth-order valence-corrected chi connectivity index (χ4v) is 4.42. The molecule has 0 N–H and O–H groups in total. The summed E-state index contributed by atoms with van der Waals surface area (Å²) in [5, 5.41) is 1.19. The SMILES string of the molecule is CC(C)(C)N1CCN(CC2(CBr)CCCCC2)CC1. The predicted molar refractivity (Wildman–Crippen MR) is 87.1 cm³/mol. The summed E-state index contributed by atoms with van der Waals surface area (Å²) in [6, 6.07) is 0. The zero-order valence-corrected chi connectivity index (χ0v) is 14.6. The molecule has 1 aliphatic heterocycles. The molecule has 0 aromatic heterocycles. The molecule has 0 radical (unpaired) electrons. The van der Waals surface area contributed by atoms with E-state index in [9.17, 15) is 0 Å². The van der Waals surface area contributed by atoms with Crippen molar-refractivity contribution >= 4 is 15.9 Å². The zero-order valence-electron chi connectivity index (χ0n) is 13.1. The minimum absolute atomic E-state index is 0.337. The lowest BCUT2D eigenvalue weighted by molar-refractivity contribution is 0.0357. The van der Waals surface area contributed by atoms with Crippen LogP contribution in [-0.2, 0) is 0 Å². The van der Waals surface area contributed by atoms with Crippen LogP contribution in [0.15, 0.2) is 0 Å². The summed E-state index contributed by atoms with van der Waals surface area (Å²) < 4.78 is 0. The van der Waals surface area contributed by atoms with Crippen LogP contribution >= 0.6 is 15.9 Å². The molecule has 1 saturated carbocycles. The van der Waals surface area contributed by atoms with Crippen molar-refractivity contribution in [3.63, 3.8) is 0 Å². The van der Waals surface area contributed by atoms with E-state index in [1.807, 2.05) is 0 Å². The Hall–Kier alpha value is 0.400. The molecule has 2 nitrogen and oxygen atoms in total. The van der Waals surface area contributed by atoms with Crippen LogP contribution in [0.3, 0.4) is 0 Å². The average molecular weight is 331 g/mol. The molecule has 1 aliphatic carbocycles. The molecule has 3 heteroatoms. The van der Waals surface area contributed by atoms with E-state index in [0.717, 1.165) is 0 Å². The Morgan fingerprint density at radius 3 is 2.00 bits per heavy atom. The molecule has 0 atom stereocenters. The van der Waals surface area contributed by atoms with E-state index >= 15 is 0 Å². The first-order valence-electron chi connectivity index (χ1n) is 7.99. The summed E-state index contributed by atoms with van der Waals surface area (Å²) in [7, 11) is 0. The van der Waals surface area contributed by atoms with Crippen LogP contribution in [0.5, 0.6) is 0 Å². The van der Waals surface area contributed by atoms with Gasteiger partial charge in [0.05, 0.1) is 0 Å². The van der Waals surface area contributed by atoms with E-state index < -0.39 is 0 Å². The molecule has 0 aromatic carbocycles. The van der Waals surface area contributed by atoms with Crippen LogP contribution in [0.25, 0.3) is 0 Å². The highest BCUT2D eigenvalue weighted by molar-refractivity contribution is 9.09. The van der Waals surface area contributed by atoms with Gasteiger partial charge in [-0.15, -0.1) is 0 Å². The molecule has 2 rings (SSSR count). The number of nitrogens with zero attached hydrogens (tertiary/aromatic N) is 2. The van der Waals surface area contributed by atoms with Gasteiger partial charge in [-0.25, -0.2) is 0 Å². The molecule has 2 aliphatic rings. The van der Waals surface area contributed by atoms with E-state index in [4.69, 9.17) is 0 Å². The molecule has 0 amide bonds. The Morgan fingerprint density at radius 1 is 0.947 bits per heavy atom. The van der Waals surface area contributed by atoms with Gasteiger partial charge in [0.1, 0.15) is 0 Å². The number of hydrogen-bond donors (Lipinski definition) is 0. The maximum atomic E-state index is 3.80. The van der Waals surface area contributed by atoms with Crippen molar-refractivity contribution in [1.82, 2.24) is 9.80 Å². The number of hydrogen-bond acceptors (Lipinski definition) is 2. The van der Waals surface area contributed by atoms with Gasteiger partial charge in [0.15, 0.2) is 0 Å². The van der Waals surface area contributed by atoms with Crippen LogP contribution in [0.1, 0.15) is 52.9 Å². The van der Waals surface area contributed by atoms with Crippen LogP contribution in [0.2, 0.25) is 0 Å². The first-order chi connectivity index (χ1) is 8.95. The van der Waals surface area contributed by atoms with Crippen LogP contribution in [0, 0.1) is 5.41 Å². The largest absolute Gasteiger partial charge is 0.300 e. The van der Waals surface area contributed by atoms with Crippen molar-refractivity contribution in [1.29, 1.82) is 0 Å². The Labute approximate surface area is 128 Å². The maximum absolute atomic E-state index is 3.80. The monoisotopic (exact) mass is 330 g/mol. The van der Waals surface area contributed by atoms with Crippen molar-refractivity contribution in [3.8, 4) is 0 Å². The fraction of sp³-hybridized carbons (Fsp3) is 1.00. The van der Waals surface area contributed by atoms with Crippen molar-refractivity contribution < 1.29 is 0 Å². The molecule has 112 valence electrons. The summed E-state index contributed by atoms with van der Waals surface area (Å²) in [6.07, 6.45) is 7.18. The molecule has 19 heavy (non-hydrogen) atoms. The van der Waals surface area contributed by atoms with Crippen molar-refractivity contribution in [2.45, 2.75) is 58.4 Å². The van der Waals surface area contributed by atoms with Crippen molar-refractivity contribution in [2.75, 3.05) is 38.1 Å². The normalized spacial score (nSPS) is 26.5. The highest BCUT2D eigenvalue weighted by Gasteiger charge is 2.34. The van der Waals surface area contributed by atoms with Crippen LogP contribution in [-0.4, -0.2) is 53.4 Å². The summed E-state index contributed by atoms with van der Waals surface area (Å²) >= 11 is 3.80. The van der Waals surface area contributed by atoms with E-state index in [2.05, 4.69) is 46.5 Å². The quantitative estimate of drug-likeness (QED) is 0.727. The van der Waals surface area contributed by atoms with Gasteiger partial charge in [0.25, 0.3) is 0 Å². The zero-order chi connectivity index (χ0) is 13.9. The second-order valence-corrected chi connectivity index (χ2v) is 8.19. The summed E-state index contributed by atoms with van der Waals surface area (Å²) in [6.45, 7) is 13.3. The fourth-order valence-electron chi connectivity index (χ4n) is 3.69. The summed E-state index contributed by atoms with van der Waals surface area (Å²) in [5.41, 5.74) is 0.909. The Morgan fingerprint density at radius 2 is 1.53 bits per heavy atom. The Bertz CT molecular complexity index is 271. The van der Waals surface area contributed by atoms with Crippen LogP contribution in [0.4, 0.5) is 0 Å². The van der Waals surface area contributed by atoms with Crippen LogP contribution < -0.4 is 0 Å². The summed E-state index contributed by atoms with van der Waals surface area (Å²) in [5.74, 6) is 0. The molecule has 0 bridgehead atoms. The first kappa shape index (κ1) is 15.8. The third kappa shape index (κ3) is 4.18. The number of rotatable bonds is 3. The number of piperazine rings is 1. The lowest BCUT2D eigenvalue weighted by Crippen LogP contribution is -2.55. The number of halogens is 1. The standard InChI is InChI=1S/C16H31BrN2/c1-15(2,3)19-11-9-18(10-12-19)14-16(13-17)7-5-4-6-8-16/h4-14H2,1-3H3. The van der Waals surface area contributed by atoms with Gasteiger partial charge >= 0.3 is 0 Å². The van der Waals surface area contributed by atoms with Gasteiger partial charge in [0, 0.05) is 43.6 Å². The molecular formula is C16H31BrN2. The molecule has 1 heterocycles. The maximum Gasteiger partial charge on any atom is 0.0126 e. The lowest BCUT2D eigenvalue weighted by Gasteiger charge is -2.46. The molecular weight excluding hydrogens is 300 g/mol. The minimum atomic E-state index is 0.337. The molecule has 0 spiro atoms.